The molecule has 0 saturated heterocycles. The minimum absolute atomic E-state index is 0.254. The van der Waals surface area contributed by atoms with Crippen molar-refractivity contribution in [2.24, 2.45) is 5.73 Å². The molecular formula is C14H15N5O. The fraction of sp³-hybridized carbons (Fsp3) is 0. The average molecular weight is 269 g/mol. The molecule has 6 heteroatoms. The van der Waals surface area contributed by atoms with Gasteiger partial charge in [0.05, 0.1) is 0 Å². The molecule has 0 saturated carbocycles. The van der Waals surface area contributed by atoms with Gasteiger partial charge in [-0.2, -0.15) is 0 Å². The summed E-state index contributed by atoms with van der Waals surface area (Å²) in [5.74, 6) is -0.561. The van der Waals surface area contributed by atoms with Gasteiger partial charge in [0.15, 0.2) is 0 Å². The molecule has 1 rings (SSSR count). The Morgan fingerprint density at radius 2 is 1.50 bits per heavy atom. The fourth-order valence-corrected chi connectivity index (χ4v) is 1.05. The van der Waals surface area contributed by atoms with Gasteiger partial charge in [-0.25, -0.2) is 0 Å². The van der Waals surface area contributed by atoms with Crippen LogP contribution in [-0.4, -0.2) is 25.8 Å². The lowest BCUT2D eigenvalue weighted by molar-refractivity contribution is 0.0995. The third-order valence-corrected chi connectivity index (χ3v) is 1.91. The van der Waals surface area contributed by atoms with Crippen LogP contribution in [-0.2, 0) is 0 Å². The number of nitrogens with one attached hydrogen (secondary N) is 1. The minimum Gasteiger partial charge on any atom is -0.364 e. The molecule has 0 fully saturated rings. The van der Waals surface area contributed by atoms with Gasteiger partial charge >= 0.3 is 0 Å². The molecule has 0 atom stereocenters. The summed E-state index contributed by atoms with van der Waals surface area (Å²) in [5, 5.41) is 0. The lowest BCUT2D eigenvalue weighted by atomic mass is 10.4. The molecule has 3 N–H and O–H groups in total. The van der Waals surface area contributed by atoms with Gasteiger partial charge in [0.2, 0.25) is 0 Å². The highest BCUT2D eigenvalue weighted by molar-refractivity contribution is 5.90. The molecule has 20 heavy (non-hydrogen) atoms. The predicted octanol–water partition coefficient (Wildman–Crippen LogP) is 1.67. The summed E-state index contributed by atoms with van der Waals surface area (Å²) in [6, 6.07) is 8.37. The second-order valence-electron chi connectivity index (χ2n) is 3.37. The van der Waals surface area contributed by atoms with Crippen molar-refractivity contribution in [2.45, 2.75) is 0 Å². The molecule has 0 aromatic carbocycles. The van der Waals surface area contributed by atoms with Crippen LogP contribution >= 0.6 is 0 Å². The summed E-state index contributed by atoms with van der Waals surface area (Å²) < 4.78 is 0. The molecular weight excluding hydrogens is 254 g/mol. The van der Waals surface area contributed by atoms with E-state index in [-0.39, 0.29) is 5.69 Å². The van der Waals surface area contributed by atoms with E-state index in [0.29, 0.717) is 0 Å². The SMILES string of the molecule is NC(=O)c1cccccncccnccncc[nH]1. The summed E-state index contributed by atoms with van der Waals surface area (Å²) >= 11 is 0. The summed E-state index contributed by atoms with van der Waals surface area (Å²) in [4.78, 5) is 25.7. The number of carbonyl (C=O) groups excluding carboxylic acids is 1. The topological polar surface area (TPSA) is 97.6 Å². The van der Waals surface area contributed by atoms with Crippen molar-refractivity contribution in [3.05, 3.63) is 79.4 Å². The van der Waals surface area contributed by atoms with Crippen molar-refractivity contribution in [3.8, 4) is 0 Å². The van der Waals surface area contributed by atoms with Crippen LogP contribution in [0.2, 0.25) is 0 Å². The molecule has 1 aromatic heterocycles. The maximum atomic E-state index is 11.2. The quantitative estimate of drug-likeness (QED) is 0.810. The Labute approximate surface area is 116 Å². The normalized spacial score (nSPS) is 8.40. The number of aromatic amines is 1. The Morgan fingerprint density at radius 3 is 2.25 bits per heavy atom. The van der Waals surface area contributed by atoms with E-state index < -0.39 is 5.91 Å². The smallest absolute Gasteiger partial charge is 0.265 e. The van der Waals surface area contributed by atoms with Crippen molar-refractivity contribution in [2.75, 3.05) is 0 Å². The average Bonchev–Trinajstić information content (AvgIpc) is 2.43. The fourth-order valence-electron chi connectivity index (χ4n) is 1.05. The van der Waals surface area contributed by atoms with Crippen LogP contribution in [0.5, 0.6) is 0 Å². The summed E-state index contributed by atoms with van der Waals surface area (Å²) in [6.45, 7) is 0. The number of primary amides is 1. The van der Waals surface area contributed by atoms with Crippen molar-refractivity contribution in [1.29, 1.82) is 0 Å². The van der Waals surface area contributed by atoms with E-state index in [2.05, 4.69) is 19.9 Å². The van der Waals surface area contributed by atoms with E-state index in [1.165, 1.54) is 24.8 Å². The largest absolute Gasteiger partial charge is 0.364 e. The zero-order valence-electron chi connectivity index (χ0n) is 10.8. The Kier molecular flexibility index (Phi) is 7.49. The van der Waals surface area contributed by atoms with E-state index in [1.807, 2.05) is 0 Å². The van der Waals surface area contributed by atoms with E-state index >= 15 is 0 Å². The monoisotopic (exact) mass is 269 g/mol. The Morgan fingerprint density at radius 1 is 0.850 bits per heavy atom. The van der Waals surface area contributed by atoms with Crippen LogP contribution in [0.25, 0.3) is 0 Å². The first-order valence-electron chi connectivity index (χ1n) is 5.79. The van der Waals surface area contributed by atoms with Crippen molar-refractivity contribution < 1.29 is 4.79 Å². The molecule has 1 heterocycles. The van der Waals surface area contributed by atoms with E-state index in [9.17, 15) is 4.79 Å². The number of hydrogen-bond donors (Lipinski definition) is 2. The molecule has 0 radical (unpaired) electrons. The van der Waals surface area contributed by atoms with Crippen LogP contribution < -0.4 is 5.73 Å². The molecule has 0 aliphatic rings. The van der Waals surface area contributed by atoms with Crippen LogP contribution in [0, 0.1) is 0 Å². The van der Waals surface area contributed by atoms with Gasteiger partial charge in [-0.15, -0.1) is 0 Å². The van der Waals surface area contributed by atoms with Gasteiger partial charge < -0.3 is 10.7 Å². The van der Waals surface area contributed by atoms with Gasteiger partial charge in [-0.3, -0.25) is 19.7 Å². The number of H-pyrrole nitrogens is 1. The Balaban J connectivity index is 3.25. The molecule has 0 aliphatic heterocycles. The summed E-state index contributed by atoms with van der Waals surface area (Å²) in [7, 11) is 0. The van der Waals surface area contributed by atoms with E-state index in [1.54, 1.807) is 48.9 Å². The van der Waals surface area contributed by atoms with Crippen molar-refractivity contribution in [1.82, 2.24) is 19.9 Å². The number of hydrogen-bond acceptors (Lipinski definition) is 4. The Hall–Kier alpha value is -3.02. The third kappa shape index (κ3) is 7.33. The van der Waals surface area contributed by atoms with Crippen molar-refractivity contribution in [3.63, 3.8) is 0 Å². The molecule has 0 aliphatic carbocycles. The highest BCUT2D eigenvalue weighted by Gasteiger charge is 1.92. The van der Waals surface area contributed by atoms with Crippen LogP contribution in [0.3, 0.4) is 0 Å². The standard InChI is InChI=1S/C14H15N5O/c15-14(20)13-5-2-1-3-6-16-7-4-8-17-9-10-18-11-12-19-13/h1-12,19H,(H2,15,20). The third-order valence-electron chi connectivity index (χ3n) is 1.91. The minimum atomic E-state index is -0.561. The van der Waals surface area contributed by atoms with E-state index in [0.717, 1.165) is 0 Å². The molecule has 0 bridgehead atoms. The van der Waals surface area contributed by atoms with Gasteiger partial charge in [-0.1, -0.05) is 12.1 Å². The molecule has 1 aromatic rings. The lowest BCUT2D eigenvalue weighted by Gasteiger charge is -1.88. The van der Waals surface area contributed by atoms with Crippen molar-refractivity contribution >= 4 is 5.91 Å². The number of nitrogens with zero attached hydrogens (tertiary/aromatic N) is 3. The highest BCUT2D eigenvalue weighted by atomic mass is 16.1. The number of amides is 1. The molecule has 6 nitrogen and oxygen atoms in total. The maximum absolute atomic E-state index is 11.2. The van der Waals surface area contributed by atoms with Gasteiger partial charge in [-0.05, 0) is 18.2 Å². The van der Waals surface area contributed by atoms with Crippen LogP contribution in [0.15, 0.2) is 73.7 Å². The number of rotatable bonds is 1. The highest BCUT2D eigenvalue weighted by Crippen LogP contribution is 1.86. The first-order valence-corrected chi connectivity index (χ1v) is 5.79. The number of aromatic nitrogens is 4. The number of nitrogens with two attached hydrogens (primary N) is 1. The molecule has 102 valence electrons. The van der Waals surface area contributed by atoms with Gasteiger partial charge in [0.25, 0.3) is 5.91 Å². The second kappa shape index (κ2) is 9.95. The first kappa shape index (κ1) is 15.0. The second-order valence-corrected chi connectivity index (χ2v) is 3.37. The molecule has 1 amide bonds. The zero-order chi connectivity index (χ0) is 14.5. The van der Waals surface area contributed by atoms with Gasteiger partial charge in [0, 0.05) is 43.4 Å². The van der Waals surface area contributed by atoms with E-state index in [4.69, 9.17) is 5.73 Å². The maximum Gasteiger partial charge on any atom is 0.265 e. The lowest BCUT2D eigenvalue weighted by Crippen LogP contribution is -2.11. The summed E-state index contributed by atoms with van der Waals surface area (Å²) in [6.07, 6.45) is 10.8. The molecule has 0 spiro atoms. The van der Waals surface area contributed by atoms with Gasteiger partial charge in [0.1, 0.15) is 5.69 Å². The Bertz CT molecular complexity index is 551. The van der Waals surface area contributed by atoms with Crippen LogP contribution in [0.1, 0.15) is 10.5 Å². The first-order chi connectivity index (χ1) is 9.80. The summed E-state index contributed by atoms with van der Waals surface area (Å²) in [5.41, 5.74) is 5.48. The van der Waals surface area contributed by atoms with Crippen LogP contribution in [0.4, 0.5) is 0 Å². The molecule has 0 unspecified atom stereocenters. The predicted molar refractivity (Wildman–Crippen MR) is 75.6 cm³/mol. The zero-order valence-corrected chi connectivity index (χ0v) is 10.8. The number of carbonyl (C=O) groups is 1.